The molecule has 6 rings (SSSR count). The summed E-state index contributed by atoms with van der Waals surface area (Å²) >= 11 is 1.24. The molecule has 2 aromatic carbocycles. The Balaban J connectivity index is 1.41. The molecule has 3 aromatic heterocycles. The molecule has 1 fully saturated rings. The molecule has 10 nitrogen and oxygen atoms in total. The Labute approximate surface area is 234 Å². The third-order valence-electron chi connectivity index (χ3n) is 6.98. The van der Waals surface area contributed by atoms with E-state index in [1.165, 1.54) is 17.8 Å². The minimum Gasteiger partial charge on any atom is -0.493 e. The van der Waals surface area contributed by atoms with Crippen molar-refractivity contribution in [1.29, 1.82) is 0 Å². The van der Waals surface area contributed by atoms with Crippen LogP contribution in [-0.2, 0) is 0 Å². The summed E-state index contributed by atoms with van der Waals surface area (Å²) in [5.74, 6) is 1.06. The number of nitrogen functional groups attached to an aromatic ring is 1. The van der Waals surface area contributed by atoms with Gasteiger partial charge in [0.2, 0.25) is 5.27 Å². The molecule has 0 spiro atoms. The Morgan fingerprint density at radius 3 is 2.55 bits per heavy atom. The summed E-state index contributed by atoms with van der Waals surface area (Å²) in [6, 6.07) is 17.6. The SMILES string of the molecule is COc1ccc(-c2cc(-c3ccccc3)nc3sc(C(=O)Nc4c[n+](N5CCCCC5)no4)c(N)c23)cc1OC. The number of nitrogens with zero attached hydrogens (tertiary/aromatic N) is 4. The van der Waals surface area contributed by atoms with Crippen LogP contribution in [0.3, 0.4) is 0 Å². The lowest BCUT2D eigenvalue weighted by molar-refractivity contribution is -0.759. The number of rotatable bonds is 7. The number of carbonyl (C=O) groups is 1. The van der Waals surface area contributed by atoms with Crippen LogP contribution in [0.5, 0.6) is 11.5 Å². The molecule has 1 amide bonds. The number of thiophene rings is 1. The molecule has 4 heterocycles. The highest BCUT2D eigenvalue weighted by Crippen LogP contribution is 2.43. The molecule has 0 unspecified atom stereocenters. The van der Waals surface area contributed by atoms with E-state index in [-0.39, 0.29) is 11.8 Å². The molecule has 0 bridgehead atoms. The van der Waals surface area contributed by atoms with Crippen LogP contribution in [0.1, 0.15) is 28.9 Å². The molecule has 0 saturated carbocycles. The predicted octanol–water partition coefficient (Wildman–Crippen LogP) is 4.88. The normalized spacial score (nSPS) is 13.4. The van der Waals surface area contributed by atoms with Crippen molar-refractivity contribution in [2.75, 3.05) is 43.4 Å². The smallest absolute Gasteiger partial charge is 0.306 e. The van der Waals surface area contributed by atoms with Crippen molar-refractivity contribution in [3.63, 3.8) is 0 Å². The van der Waals surface area contributed by atoms with E-state index in [4.69, 9.17) is 24.7 Å². The van der Waals surface area contributed by atoms with Gasteiger partial charge in [-0.25, -0.2) is 4.98 Å². The van der Waals surface area contributed by atoms with Gasteiger partial charge in [0, 0.05) is 10.9 Å². The van der Waals surface area contributed by atoms with Crippen molar-refractivity contribution in [3.8, 4) is 33.9 Å². The number of pyridine rings is 1. The zero-order chi connectivity index (χ0) is 27.6. The molecule has 0 atom stereocenters. The highest BCUT2D eigenvalue weighted by atomic mass is 32.1. The first-order valence-corrected chi connectivity index (χ1v) is 13.8. The van der Waals surface area contributed by atoms with Crippen LogP contribution in [0.2, 0.25) is 0 Å². The Hall–Kier alpha value is -4.64. The molecule has 0 aliphatic carbocycles. The topological polar surface area (TPSA) is 120 Å². The summed E-state index contributed by atoms with van der Waals surface area (Å²) in [4.78, 5) is 21.0. The number of nitrogens with two attached hydrogens (primary N) is 1. The fourth-order valence-electron chi connectivity index (χ4n) is 4.95. The lowest BCUT2D eigenvalue weighted by Crippen LogP contribution is -2.60. The van der Waals surface area contributed by atoms with Crippen LogP contribution >= 0.6 is 11.3 Å². The van der Waals surface area contributed by atoms with E-state index in [0.717, 1.165) is 48.3 Å². The van der Waals surface area contributed by atoms with Gasteiger partial charge >= 0.3 is 5.88 Å². The van der Waals surface area contributed by atoms with Crippen LogP contribution in [0.15, 0.2) is 65.3 Å². The number of nitrogens with one attached hydrogen (secondary N) is 1. The van der Waals surface area contributed by atoms with Gasteiger partial charge in [0.25, 0.3) is 12.1 Å². The number of methoxy groups -OCH3 is 2. The van der Waals surface area contributed by atoms with Crippen LogP contribution in [0.4, 0.5) is 11.6 Å². The molecule has 3 N–H and O–H groups in total. The summed E-state index contributed by atoms with van der Waals surface area (Å²) in [7, 11) is 3.19. The van der Waals surface area contributed by atoms with Gasteiger partial charge in [-0.15, -0.1) is 11.3 Å². The van der Waals surface area contributed by atoms with E-state index in [9.17, 15) is 4.79 Å². The molecule has 1 aliphatic heterocycles. The first-order chi connectivity index (χ1) is 19.6. The number of hydrogen-bond acceptors (Lipinski definition) is 9. The summed E-state index contributed by atoms with van der Waals surface area (Å²) in [6.07, 6.45) is 5.07. The zero-order valence-electron chi connectivity index (χ0n) is 22.2. The molecule has 5 aromatic rings. The quantitative estimate of drug-likeness (QED) is 0.272. The molecule has 0 radical (unpaired) electrons. The number of piperidine rings is 1. The number of anilines is 2. The highest BCUT2D eigenvalue weighted by Gasteiger charge is 2.26. The van der Waals surface area contributed by atoms with Gasteiger partial charge in [0.1, 0.15) is 9.71 Å². The molecular formula is C29H29N6O4S+. The monoisotopic (exact) mass is 557 g/mol. The van der Waals surface area contributed by atoms with Crippen LogP contribution < -0.4 is 30.3 Å². The van der Waals surface area contributed by atoms with Crippen LogP contribution in [0, 0.1) is 0 Å². The summed E-state index contributed by atoms with van der Waals surface area (Å²) in [6.45, 7) is 1.78. The highest BCUT2D eigenvalue weighted by molar-refractivity contribution is 7.21. The minimum atomic E-state index is -0.387. The van der Waals surface area contributed by atoms with Gasteiger partial charge in [0.05, 0.1) is 43.5 Å². The van der Waals surface area contributed by atoms with E-state index in [1.807, 2.05) is 54.6 Å². The van der Waals surface area contributed by atoms with E-state index in [1.54, 1.807) is 25.2 Å². The van der Waals surface area contributed by atoms with Gasteiger partial charge in [-0.2, -0.15) is 5.01 Å². The molecular weight excluding hydrogens is 528 g/mol. The number of benzene rings is 2. The number of aromatic nitrogens is 3. The number of carbonyl (C=O) groups excluding carboxylic acids is 1. The third-order valence-corrected chi connectivity index (χ3v) is 8.08. The maximum atomic E-state index is 13.4. The van der Waals surface area contributed by atoms with Crippen molar-refractivity contribution in [2.45, 2.75) is 19.3 Å². The number of ether oxygens (including phenoxy) is 2. The van der Waals surface area contributed by atoms with Gasteiger partial charge < -0.3 is 15.2 Å². The Morgan fingerprint density at radius 2 is 1.80 bits per heavy atom. The third kappa shape index (κ3) is 4.79. The van der Waals surface area contributed by atoms with Crippen LogP contribution in [0.25, 0.3) is 32.6 Å². The number of amides is 1. The maximum Gasteiger partial charge on any atom is 0.306 e. The summed E-state index contributed by atoms with van der Waals surface area (Å²) < 4.78 is 16.4. The van der Waals surface area contributed by atoms with Crippen molar-refractivity contribution in [1.82, 2.24) is 10.3 Å². The number of hydrogen-bond donors (Lipinski definition) is 2. The number of fused-ring (bicyclic) bond motifs is 1. The molecule has 40 heavy (non-hydrogen) atoms. The fourth-order valence-corrected chi connectivity index (χ4v) is 5.97. The van der Waals surface area contributed by atoms with E-state index < -0.39 is 0 Å². The first-order valence-electron chi connectivity index (χ1n) is 13.0. The van der Waals surface area contributed by atoms with Crippen molar-refractivity contribution < 1.29 is 23.6 Å². The van der Waals surface area contributed by atoms with Gasteiger partial charge in [0.15, 0.2) is 11.5 Å². The van der Waals surface area contributed by atoms with Gasteiger partial charge in [-0.3, -0.25) is 14.6 Å². The van der Waals surface area contributed by atoms with E-state index in [2.05, 4.69) is 15.6 Å². The van der Waals surface area contributed by atoms with Crippen molar-refractivity contribution in [2.24, 2.45) is 0 Å². The molecule has 1 aliphatic rings. The van der Waals surface area contributed by atoms with E-state index >= 15 is 0 Å². The van der Waals surface area contributed by atoms with E-state index in [0.29, 0.717) is 32.3 Å². The zero-order valence-corrected chi connectivity index (χ0v) is 23.0. The maximum absolute atomic E-state index is 13.4. The van der Waals surface area contributed by atoms with Gasteiger partial charge in [-0.05, 0) is 48.6 Å². The summed E-state index contributed by atoms with van der Waals surface area (Å²) in [5.41, 5.74) is 10.4. The second-order valence-corrected chi connectivity index (χ2v) is 10.5. The van der Waals surface area contributed by atoms with Crippen molar-refractivity contribution in [3.05, 3.63) is 65.7 Å². The second kappa shape index (κ2) is 10.9. The average molecular weight is 558 g/mol. The standard InChI is InChI=1S/C29H28N6O4S/c1-37-22-12-11-19(15-23(22)38-2)20-16-21(18-9-5-3-6-10-18)31-29-25(20)26(30)27(40-29)28(36)32-24-17-35(33-39-24)34-13-7-4-8-14-34/h3,5-6,9-12,15-17H,4,7-8,13-14H2,1-2H3,(H2-,30,32,33,36)/p+1. The fraction of sp³-hybridized carbons (Fsp3) is 0.241. The summed E-state index contributed by atoms with van der Waals surface area (Å²) in [5, 5.41) is 9.66. The lowest BCUT2D eigenvalue weighted by Gasteiger charge is -2.17. The Kier molecular flexibility index (Phi) is 6.95. The van der Waals surface area contributed by atoms with Crippen molar-refractivity contribution >= 4 is 39.0 Å². The molecule has 204 valence electrons. The molecule has 1 saturated heterocycles. The first kappa shape index (κ1) is 25.6. The van der Waals surface area contributed by atoms with Gasteiger partial charge in [-0.1, -0.05) is 36.4 Å². The largest absolute Gasteiger partial charge is 0.493 e. The Bertz CT molecular complexity index is 1680. The van der Waals surface area contributed by atoms with Crippen LogP contribution in [-0.4, -0.2) is 43.5 Å². The minimum absolute atomic E-state index is 0.241. The lowest BCUT2D eigenvalue weighted by atomic mass is 9.99. The second-order valence-electron chi connectivity index (χ2n) is 9.47. The predicted molar refractivity (Wildman–Crippen MR) is 154 cm³/mol. The molecule has 11 heteroatoms. The average Bonchev–Trinajstić information content (AvgIpc) is 3.61. The Morgan fingerprint density at radius 1 is 1.02 bits per heavy atom.